The molecule has 0 saturated heterocycles. The van der Waals surface area contributed by atoms with Crippen LogP contribution in [0.1, 0.15) is 5.56 Å². The number of anilines is 2. The van der Waals surface area contributed by atoms with Crippen molar-refractivity contribution in [2.24, 2.45) is 0 Å². The predicted octanol–water partition coefficient (Wildman–Crippen LogP) is 3.07. The van der Waals surface area contributed by atoms with Crippen LogP contribution in [0.4, 0.5) is 15.8 Å². The van der Waals surface area contributed by atoms with Crippen LogP contribution in [0.5, 0.6) is 5.75 Å². The van der Waals surface area contributed by atoms with E-state index in [1.165, 1.54) is 6.07 Å². The van der Waals surface area contributed by atoms with Crippen LogP contribution < -0.4 is 15.8 Å². The maximum Gasteiger partial charge on any atom is 0.148 e. The van der Waals surface area contributed by atoms with E-state index >= 15 is 0 Å². The molecule has 0 aromatic heterocycles. The van der Waals surface area contributed by atoms with E-state index in [-0.39, 0.29) is 5.82 Å². The summed E-state index contributed by atoms with van der Waals surface area (Å²) in [6.07, 6.45) is 0.769. The second-order valence-electron chi connectivity index (χ2n) is 4.23. The lowest BCUT2D eigenvalue weighted by atomic mass is 10.1. The van der Waals surface area contributed by atoms with Crippen LogP contribution in [0, 0.1) is 5.82 Å². The van der Waals surface area contributed by atoms with Gasteiger partial charge >= 0.3 is 0 Å². The molecule has 0 unspecified atom stereocenters. The number of ether oxygens (including phenoxy) is 1. The molecule has 0 fully saturated rings. The number of nitrogens with one attached hydrogen (secondary N) is 1. The Bertz CT molecular complexity index is 537. The van der Waals surface area contributed by atoms with Gasteiger partial charge in [0.1, 0.15) is 11.6 Å². The maximum absolute atomic E-state index is 13.5. The maximum atomic E-state index is 13.5. The minimum Gasteiger partial charge on any atom is -0.497 e. The number of hydrogen-bond donors (Lipinski definition) is 2. The molecule has 2 rings (SSSR count). The quantitative estimate of drug-likeness (QED) is 0.812. The molecule has 0 aliphatic heterocycles. The van der Waals surface area contributed by atoms with Gasteiger partial charge in [-0.15, -0.1) is 0 Å². The molecular formula is C15H17FN2O. The summed E-state index contributed by atoms with van der Waals surface area (Å²) in [5, 5.41) is 3.03. The number of rotatable bonds is 5. The van der Waals surface area contributed by atoms with Crippen molar-refractivity contribution in [3.8, 4) is 5.75 Å². The highest BCUT2D eigenvalue weighted by molar-refractivity contribution is 5.66. The van der Waals surface area contributed by atoms with E-state index in [9.17, 15) is 4.39 Å². The molecule has 0 bridgehead atoms. The van der Waals surface area contributed by atoms with E-state index in [2.05, 4.69) is 5.32 Å². The summed E-state index contributed by atoms with van der Waals surface area (Å²) < 4.78 is 18.7. The van der Waals surface area contributed by atoms with Gasteiger partial charge in [0.2, 0.25) is 0 Å². The van der Waals surface area contributed by atoms with Crippen LogP contribution in [0.3, 0.4) is 0 Å². The standard InChI is InChI=1S/C15H17FN2O/c1-19-12-5-2-4-11(10-12)8-9-18-15-13(16)6-3-7-14(15)17/h2-7,10,18H,8-9,17H2,1H3. The number of benzene rings is 2. The van der Waals surface area contributed by atoms with Gasteiger partial charge in [-0.25, -0.2) is 4.39 Å². The normalized spacial score (nSPS) is 10.2. The Kier molecular flexibility index (Phi) is 4.23. The van der Waals surface area contributed by atoms with Crippen LogP contribution >= 0.6 is 0 Å². The van der Waals surface area contributed by atoms with Gasteiger partial charge in [0.15, 0.2) is 0 Å². The topological polar surface area (TPSA) is 47.3 Å². The summed E-state index contributed by atoms with van der Waals surface area (Å²) in [5.74, 6) is 0.494. The Morgan fingerprint density at radius 2 is 2.00 bits per heavy atom. The smallest absolute Gasteiger partial charge is 0.148 e. The summed E-state index contributed by atoms with van der Waals surface area (Å²) in [4.78, 5) is 0. The first-order valence-electron chi connectivity index (χ1n) is 6.11. The highest BCUT2D eigenvalue weighted by Gasteiger charge is 2.04. The molecule has 4 heteroatoms. The zero-order valence-corrected chi connectivity index (χ0v) is 10.8. The molecule has 0 heterocycles. The molecule has 0 radical (unpaired) electrons. The van der Waals surface area contributed by atoms with Crippen LogP contribution in [-0.2, 0) is 6.42 Å². The highest BCUT2D eigenvalue weighted by atomic mass is 19.1. The molecule has 0 saturated carbocycles. The Morgan fingerprint density at radius 1 is 1.21 bits per heavy atom. The van der Waals surface area contributed by atoms with Crippen LogP contribution in [-0.4, -0.2) is 13.7 Å². The van der Waals surface area contributed by atoms with Gasteiger partial charge in [0, 0.05) is 6.54 Å². The summed E-state index contributed by atoms with van der Waals surface area (Å²) in [7, 11) is 1.64. The summed E-state index contributed by atoms with van der Waals surface area (Å²) in [6, 6.07) is 12.5. The van der Waals surface area contributed by atoms with Gasteiger partial charge < -0.3 is 15.8 Å². The van der Waals surface area contributed by atoms with Crippen LogP contribution in [0.2, 0.25) is 0 Å². The number of methoxy groups -OCH3 is 1. The lowest BCUT2D eigenvalue weighted by molar-refractivity contribution is 0.414. The number of nitrogen functional groups attached to an aromatic ring is 1. The molecule has 0 aliphatic rings. The highest BCUT2D eigenvalue weighted by Crippen LogP contribution is 2.21. The summed E-state index contributed by atoms with van der Waals surface area (Å²) in [5.41, 5.74) is 7.64. The molecule has 0 spiro atoms. The molecular weight excluding hydrogens is 243 g/mol. The SMILES string of the molecule is COc1cccc(CCNc2c(N)cccc2F)c1. The summed E-state index contributed by atoms with van der Waals surface area (Å²) >= 11 is 0. The first-order chi connectivity index (χ1) is 9.20. The third kappa shape index (κ3) is 3.37. The van der Waals surface area contributed by atoms with Crippen LogP contribution in [0.15, 0.2) is 42.5 Å². The van der Waals surface area contributed by atoms with Crippen molar-refractivity contribution in [1.82, 2.24) is 0 Å². The molecule has 2 aromatic rings. The van der Waals surface area contributed by atoms with E-state index in [1.54, 1.807) is 19.2 Å². The Balaban J connectivity index is 1.96. The molecule has 3 N–H and O–H groups in total. The Hall–Kier alpha value is -2.23. The fourth-order valence-electron chi connectivity index (χ4n) is 1.89. The number of halogens is 1. The van der Waals surface area contributed by atoms with Crippen molar-refractivity contribution in [3.63, 3.8) is 0 Å². The van der Waals surface area contributed by atoms with Gasteiger partial charge in [0.25, 0.3) is 0 Å². The second-order valence-corrected chi connectivity index (χ2v) is 4.23. The van der Waals surface area contributed by atoms with Crippen molar-refractivity contribution < 1.29 is 9.13 Å². The number of para-hydroxylation sites is 1. The fraction of sp³-hybridized carbons (Fsp3) is 0.200. The Labute approximate surface area is 112 Å². The average molecular weight is 260 g/mol. The minimum atomic E-state index is -0.328. The first-order valence-corrected chi connectivity index (χ1v) is 6.11. The minimum absolute atomic E-state index is 0.328. The summed E-state index contributed by atoms with van der Waals surface area (Å²) in [6.45, 7) is 0.609. The molecule has 0 atom stereocenters. The molecule has 0 aliphatic carbocycles. The molecule has 19 heavy (non-hydrogen) atoms. The van der Waals surface area contributed by atoms with Crippen molar-refractivity contribution >= 4 is 11.4 Å². The molecule has 100 valence electrons. The van der Waals surface area contributed by atoms with E-state index in [1.807, 2.05) is 24.3 Å². The van der Waals surface area contributed by atoms with E-state index in [0.717, 1.165) is 17.7 Å². The lowest BCUT2D eigenvalue weighted by Crippen LogP contribution is -2.08. The zero-order valence-electron chi connectivity index (χ0n) is 10.8. The van der Waals surface area contributed by atoms with E-state index in [4.69, 9.17) is 10.5 Å². The van der Waals surface area contributed by atoms with Gasteiger partial charge in [-0.2, -0.15) is 0 Å². The first kappa shape index (κ1) is 13.2. The van der Waals surface area contributed by atoms with Gasteiger partial charge in [0.05, 0.1) is 18.5 Å². The molecule has 3 nitrogen and oxygen atoms in total. The van der Waals surface area contributed by atoms with Crippen molar-refractivity contribution in [3.05, 3.63) is 53.8 Å². The number of nitrogens with two attached hydrogens (primary N) is 1. The van der Waals surface area contributed by atoms with Crippen molar-refractivity contribution in [1.29, 1.82) is 0 Å². The van der Waals surface area contributed by atoms with Gasteiger partial charge in [-0.05, 0) is 36.2 Å². The fourth-order valence-corrected chi connectivity index (χ4v) is 1.89. The monoisotopic (exact) mass is 260 g/mol. The zero-order chi connectivity index (χ0) is 13.7. The third-order valence-electron chi connectivity index (χ3n) is 2.90. The predicted molar refractivity (Wildman–Crippen MR) is 76.0 cm³/mol. The van der Waals surface area contributed by atoms with E-state index < -0.39 is 0 Å². The van der Waals surface area contributed by atoms with Gasteiger partial charge in [-0.3, -0.25) is 0 Å². The number of hydrogen-bond acceptors (Lipinski definition) is 3. The largest absolute Gasteiger partial charge is 0.497 e. The van der Waals surface area contributed by atoms with Gasteiger partial charge in [-0.1, -0.05) is 18.2 Å². The molecule has 2 aromatic carbocycles. The molecule has 0 amide bonds. The van der Waals surface area contributed by atoms with Crippen LogP contribution in [0.25, 0.3) is 0 Å². The average Bonchev–Trinajstić information content (AvgIpc) is 2.42. The Morgan fingerprint density at radius 3 is 2.74 bits per heavy atom. The van der Waals surface area contributed by atoms with E-state index in [0.29, 0.717) is 17.9 Å². The second kappa shape index (κ2) is 6.09. The van der Waals surface area contributed by atoms with Crippen molar-refractivity contribution in [2.75, 3.05) is 24.7 Å². The third-order valence-corrected chi connectivity index (χ3v) is 2.90. The van der Waals surface area contributed by atoms with Crippen molar-refractivity contribution in [2.45, 2.75) is 6.42 Å². The lowest BCUT2D eigenvalue weighted by Gasteiger charge is -2.10.